The molecule has 0 saturated heterocycles. The summed E-state index contributed by atoms with van der Waals surface area (Å²) < 4.78 is 17.6. The number of nitrogens with zero attached hydrogens (tertiary/aromatic N) is 2. The summed E-state index contributed by atoms with van der Waals surface area (Å²) in [5.41, 5.74) is 16.8. The van der Waals surface area contributed by atoms with Crippen LogP contribution < -0.4 is 0 Å². The third-order valence-electron chi connectivity index (χ3n) is 12.4. The van der Waals surface area contributed by atoms with Crippen molar-refractivity contribution >= 4 is 82.7 Å². The molecule has 0 aliphatic heterocycles. The Bertz CT molecular complexity index is 3640. The average molecular weight is 743 g/mol. The van der Waals surface area contributed by atoms with Gasteiger partial charge in [0.25, 0.3) is 0 Å². The molecule has 0 amide bonds. The largest absolute Gasteiger partial charge is 0.456 e. The maximum absolute atomic E-state index is 6.42. The summed E-state index contributed by atoms with van der Waals surface area (Å²) in [6.45, 7) is 0. The molecule has 272 valence electrons. The van der Waals surface area contributed by atoms with Crippen molar-refractivity contribution in [3.05, 3.63) is 187 Å². The second-order valence-electron chi connectivity index (χ2n) is 15.6. The first-order valence-corrected chi connectivity index (χ1v) is 20.0. The van der Waals surface area contributed by atoms with Crippen LogP contribution in [0.1, 0.15) is 17.7 Å². The molecule has 0 radical (unpaired) electrons. The van der Waals surface area contributed by atoms with E-state index in [-0.39, 0.29) is 0 Å². The topological polar surface area (TPSA) is 36.1 Å². The van der Waals surface area contributed by atoms with Crippen molar-refractivity contribution in [2.45, 2.75) is 12.8 Å². The van der Waals surface area contributed by atoms with E-state index in [9.17, 15) is 0 Å². The lowest BCUT2D eigenvalue weighted by atomic mass is 9.97. The van der Waals surface area contributed by atoms with E-state index in [0.717, 1.165) is 84.7 Å². The van der Waals surface area contributed by atoms with Gasteiger partial charge in [0.2, 0.25) is 0 Å². The van der Waals surface area contributed by atoms with Crippen molar-refractivity contribution in [1.29, 1.82) is 0 Å². The molecule has 1 aliphatic carbocycles. The van der Waals surface area contributed by atoms with Gasteiger partial charge in [-0.1, -0.05) is 97.1 Å². The Morgan fingerprint density at radius 1 is 0.362 bits per heavy atom. The van der Waals surface area contributed by atoms with Gasteiger partial charge in [-0.3, -0.25) is 0 Å². The number of para-hydroxylation sites is 3. The highest BCUT2D eigenvalue weighted by Crippen LogP contribution is 2.40. The molecule has 4 nitrogen and oxygen atoms in total. The molecule has 0 N–H and O–H groups in total. The zero-order chi connectivity index (χ0) is 37.9. The smallest absolute Gasteiger partial charge is 0.135 e. The fourth-order valence-electron chi connectivity index (χ4n) is 9.71. The molecule has 4 heterocycles. The van der Waals surface area contributed by atoms with Gasteiger partial charge >= 0.3 is 0 Å². The Morgan fingerprint density at radius 2 is 0.828 bits per heavy atom. The fraction of sp³-hybridized carbons (Fsp3) is 0.0370. The first kappa shape index (κ1) is 31.6. The highest BCUT2D eigenvalue weighted by molar-refractivity contribution is 6.11. The monoisotopic (exact) mass is 742 g/mol. The van der Waals surface area contributed by atoms with E-state index in [4.69, 9.17) is 8.83 Å². The molecule has 8 aromatic carbocycles. The molecular weight excluding hydrogens is 709 g/mol. The molecule has 1 aliphatic rings. The van der Waals surface area contributed by atoms with Crippen LogP contribution in [0.25, 0.3) is 116 Å². The van der Waals surface area contributed by atoms with Crippen LogP contribution in [0.2, 0.25) is 0 Å². The lowest BCUT2D eigenvalue weighted by molar-refractivity contribution is 0.668. The van der Waals surface area contributed by atoms with Crippen LogP contribution in [-0.2, 0) is 6.42 Å². The van der Waals surface area contributed by atoms with Crippen molar-refractivity contribution in [1.82, 2.24) is 9.13 Å². The molecule has 4 heteroatoms. The third-order valence-corrected chi connectivity index (χ3v) is 12.4. The lowest BCUT2D eigenvalue weighted by Crippen LogP contribution is -2.02. The van der Waals surface area contributed by atoms with Crippen LogP contribution in [0.3, 0.4) is 0 Å². The van der Waals surface area contributed by atoms with Gasteiger partial charge in [0.15, 0.2) is 0 Å². The van der Waals surface area contributed by atoms with Crippen molar-refractivity contribution in [3.63, 3.8) is 0 Å². The molecule has 0 saturated carbocycles. The second-order valence-corrected chi connectivity index (χ2v) is 15.6. The Balaban J connectivity index is 0.904. The minimum Gasteiger partial charge on any atom is -0.456 e. The first-order valence-electron chi connectivity index (χ1n) is 20.0. The van der Waals surface area contributed by atoms with E-state index in [1.807, 2.05) is 0 Å². The van der Waals surface area contributed by atoms with Gasteiger partial charge in [0, 0.05) is 60.3 Å². The minimum absolute atomic E-state index is 0.885. The van der Waals surface area contributed by atoms with E-state index in [0.29, 0.717) is 0 Å². The second kappa shape index (κ2) is 12.0. The molecule has 0 unspecified atom stereocenters. The van der Waals surface area contributed by atoms with Gasteiger partial charge in [-0.15, -0.1) is 0 Å². The lowest BCUT2D eigenvalue weighted by Gasteiger charge is -2.13. The summed E-state index contributed by atoms with van der Waals surface area (Å²) in [6.07, 6.45) is 6.67. The van der Waals surface area contributed by atoms with Gasteiger partial charge < -0.3 is 18.0 Å². The predicted octanol–water partition coefficient (Wildman–Crippen LogP) is 14.8. The van der Waals surface area contributed by atoms with Crippen LogP contribution >= 0.6 is 0 Å². The highest BCUT2D eigenvalue weighted by Gasteiger charge is 2.20. The fourth-order valence-corrected chi connectivity index (χ4v) is 9.71. The number of benzene rings is 8. The Morgan fingerprint density at radius 3 is 1.41 bits per heavy atom. The number of allylic oxidation sites excluding steroid dienone is 1. The molecule has 4 aromatic heterocycles. The van der Waals surface area contributed by atoms with E-state index in [2.05, 4.69) is 191 Å². The van der Waals surface area contributed by atoms with Crippen LogP contribution in [-0.4, -0.2) is 9.13 Å². The predicted molar refractivity (Wildman–Crippen MR) is 240 cm³/mol. The number of hydrogen-bond acceptors (Lipinski definition) is 2. The third kappa shape index (κ3) is 4.57. The zero-order valence-corrected chi connectivity index (χ0v) is 31.4. The quantitative estimate of drug-likeness (QED) is 0.180. The summed E-state index contributed by atoms with van der Waals surface area (Å²) in [7, 11) is 0. The molecule has 0 spiro atoms. The standard InChI is InChI=1S/C54H34N2O2/c1-5-16-47-39(12-1)40-13-2-6-17-48(40)55(47)37-22-26-53-45(31-37)43-29-35(20-24-51(43)57-53)33-10-9-11-34(28-33)36-21-25-52-44(30-36)46-32-38(23-27-54(46)58-52)56-49-18-7-3-14-41(49)42-15-4-8-19-50(42)56/h1-7,9-18,20-32H,8,19H2. The number of hydrogen-bond donors (Lipinski definition) is 0. The Kier molecular flexibility index (Phi) is 6.53. The maximum atomic E-state index is 6.42. The molecule has 58 heavy (non-hydrogen) atoms. The van der Waals surface area contributed by atoms with E-state index >= 15 is 0 Å². The van der Waals surface area contributed by atoms with Crippen molar-refractivity contribution in [2.24, 2.45) is 0 Å². The highest BCUT2D eigenvalue weighted by atomic mass is 16.3. The normalized spacial score (nSPS) is 13.0. The maximum Gasteiger partial charge on any atom is 0.135 e. The summed E-state index contributed by atoms with van der Waals surface area (Å²) in [4.78, 5) is 0. The van der Waals surface area contributed by atoms with Crippen LogP contribution in [0.5, 0.6) is 0 Å². The minimum atomic E-state index is 0.885. The molecular formula is C54H34N2O2. The summed E-state index contributed by atoms with van der Waals surface area (Å²) in [5, 5.41) is 8.27. The molecule has 0 bridgehead atoms. The zero-order valence-electron chi connectivity index (χ0n) is 31.4. The SMILES string of the molecule is C1=Cc2c(n(-c3ccc4oc5ccc(-c6cccc(-c7ccc8oc9ccc(-n%10c%11ccccc%11c%11ccccc%11%10)cc9c8c7)c6)cc5c4c3)c3ccccc23)CC1. The molecule has 12 aromatic rings. The van der Waals surface area contributed by atoms with Gasteiger partial charge in [-0.05, 0) is 120 Å². The number of aromatic nitrogens is 2. The van der Waals surface area contributed by atoms with Crippen molar-refractivity contribution in [3.8, 4) is 33.6 Å². The average Bonchev–Trinajstić information content (AvgIpc) is 4.03. The van der Waals surface area contributed by atoms with Gasteiger partial charge in [0.1, 0.15) is 22.3 Å². The van der Waals surface area contributed by atoms with Crippen LogP contribution in [0.15, 0.2) is 185 Å². The van der Waals surface area contributed by atoms with Crippen LogP contribution in [0.4, 0.5) is 0 Å². The van der Waals surface area contributed by atoms with Gasteiger partial charge in [-0.2, -0.15) is 0 Å². The summed E-state index contributed by atoms with van der Waals surface area (Å²) in [5.74, 6) is 0. The van der Waals surface area contributed by atoms with Crippen molar-refractivity contribution < 1.29 is 8.83 Å². The van der Waals surface area contributed by atoms with E-state index < -0.39 is 0 Å². The first-order chi connectivity index (χ1) is 28.7. The number of rotatable bonds is 4. The number of furan rings is 2. The van der Waals surface area contributed by atoms with Crippen LogP contribution in [0, 0.1) is 0 Å². The van der Waals surface area contributed by atoms with Gasteiger partial charge in [0.05, 0.1) is 16.6 Å². The molecule has 13 rings (SSSR count). The van der Waals surface area contributed by atoms with Crippen molar-refractivity contribution in [2.75, 3.05) is 0 Å². The molecule has 0 fully saturated rings. The summed E-state index contributed by atoms with van der Waals surface area (Å²) >= 11 is 0. The Labute approximate surface area is 333 Å². The molecule has 0 atom stereocenters. The summed E-state index contributed by atoms with van der Waals surface area (Å²) in [6, 6.07) is 61.3. The van der Waals surface area contributed by atoms with E-state index in [1.165, 1.54) is 49.7 Å². The Hall–Kier alpha value is -7.56. The number of fused-ring (bicyclic) bond motifs is 12. The van der Waals surface area contributed by atoms with E-state index in [1.54, 1.807) is 0 Å². The van der Waals surface area contributed by atoms with Gasteiger partial charge in [-0.25, -0.2) is 0 Å².